The first-order valence-corrected chi connectivity index (χ1v) is 8.50. The van der Waals surface area contributed by atoms with Crippen LogP contribution in [0, 0.1) is 0 Å². The van der Waals surface area contributed by atoms with Gasteiger partial charge in [0.2, 0.25) is 0 Å². The first-order chi connectivity index (χ1) is 10.1. The van der Waals surface area contributed by atoms with Crippen molar-refractivity contribution in [3.05, 3.63) is 28.2 Å². The lowest BCUT2D eigenvalue weighted by molar-refractivity contribution is 0.0999. The van der Waals surface area contributed by atoms with Gasteiger partial charge in [0.15, 0.2) is 0 Å². The van der Waals surface area contributed by atoms with Gasteiger partial charge in [-0.15, -0.1) is 0 Å². The molecule has 5 heteroatoms. The molecule has 4 nitrogen and oxygen atoms in total. The lowest BCUT2D eigenvalue weighted by Crippen LogP contribution is -2.62. The van der Waals surface area contributed by atoms with E-state index >= 15 is 0 Å². The minimum absolute atomic E-state index is 0.140. The lowest BCUT2D eigenvalue weighted by atomic mass is 9.78. The third-order valence-corrected chi connectivity index (χ3v) is 5.51. The van der Waals surface area contributed by atoms with Crippen LogP contribution in [0.5, 0.6) is 0 Å². The normalized spacial score (nSPS) is 21.5. The van der Waals surface area contributed by atoms with Crippen LogP contribution >= 0.6 is 15.9 Å². The molecule has 1 aromatic rings. The molecule has 0 atom stereocenters. The van der Waals surface area contributed by atoms with Gasteiger partial charge in [-0.25, -0.2) is 0 Å². The summed E-state index contributed by atoms with van der Waals surface area (Å²) in [7, 11) is 0. The van der Waals surface area contributed by atoms with Gasteiger partial charge in [0.1, 0.15) is 0 Å². The summed E-state index contributed by atoms with van der Waals surface area (Å²) in [4.78, 5) is 14.3. The van der Waals surface area contributed by atoms with Gasteiger partial charge < -0.3 is 16.0 Å². The van der Waals surface area contributed by atoms with Crippen LogP contribution < -0.4 is 16.0 Å². The maximum atomic E-state index is 11.9. The number of nitrogens with one attached hydrogen (secondary N) is 1. The number of amides is 1. The molecule has 1 aliphatic carbocycles. The second-order valence-corrected chi connectivity index (χ2v) is 6.97. The summed E-state index contributed by atoms with van der Waals surface area (Å²) in [5.74, 6) is -0.359. The van der Waals surface area contributed by atoms with Crippen molar-refractivity contribution in [1.29, 1.82) is 0 Å². The standard InChI is InChI=1S/C16H22BrN3O/c17-12-5-4-6-13(14(12)15(18)21)20-10-9-19-11-16(20)7-2-1-3-8-16/h4-6,19H,1-3,7-11H2,(H2,18,21). The maximum Gasteiger partial charge on any atom is 0.251 e. The number of piperazine rings is 1. The molecule has 1 aromatic carbocycles. The number of nitrogens with zero attached hydrogens (tertiary/aromatic N) is 1. The first-order valence-electron chi connectivity index (χ1n) is 7.71. The Bertz CT molecular complexity index is 532. The number of rotatable bonds is 2. The summed E-state index contributed by atoms with van der Waals surface area (Å²) in [6.45, 7) is 2.88. The van der Waals surface area contributed by atoms with E-state index in [1.165, 1.54) is 32.1 Å². The van der Waals surface area contributed by atoms with Crippen LogP contribution in [0.3, 0.4) is 0 Å². The van der Waals surface area contributed by atoms with Crippen molar-refractivity contribution in [2.75, 3.05) is 24.5 Å². The van der Waals surface area contributed by atoms with Crippen molar-refractivity contribution in [2.24, 2.45) is 5.73 Å². The molecule has 1 heterocycles. The Kier molecular flexibility index (Phi) is 4.22. The molecule has 3 N–H and O–H groups in total. The van der Waals surface area contributed by atoms with Crippen molar-refractivity contribution in [2.45, 2.75) is 37.6 Å². The average molecular weight is 352 g/mol. The van der Waals surface area contributed by atoms with Gasteiger partial charge in [-0.05, 0) is 40.9 Å². The van der Waals surface area contributed by atoms with Crippen molar-refractivity contribution in [1.82, 2.24) is 5.32 Å². The Balaban J connectivity index is 2.05. The van der Waals surface area contributed by atoms with E-state index < -0.39 is 0 Å². The molecule has 1 spiro atoms. The summed E-state index contributed by atoms with van der Waals surface area (Å²) in [6, 6.07) is 5.91. The summed E-state index contributed by atoms with van der Waals surface area (Å²) < 4.78 is 0.789. The highest BCUT2D eigenvalue weighted by Crippen LogP contribution is 2.40. The predicted molar refractivity (Wildman–Crippen MR) is 88.7 cm³/mol. The molecular weight excluding hydrogens is 330 g/mol. The van der Waals surface area contributed by atoms with Crippen LogP contribution in [0.4, 0.5) is 5.69 Å². The Morgan fingerprint density at radius 3 is 2.76 bits per heavy atom. The van der Waals surface area contributed by atoms with Gasteiger partial charge in [0, 0.05) is 24.1 Å². The predicted octanol–water partition coefficient (Wildman–Crippen LogP) is 2.66. The SMILES string of the molecule is NC(=O)c1c(Br)cccc1N1CCNCC12CCCCC2. The van der Waals surface area contributed by atoms with E-state index in [1.807, 2.05) is 18.2 Å². The van der Waals surface area contributed by atoms with Gasteiger partial charge in [0.05, 0.1) is 16.8 Å². The quantitative estimate of drug-likeness (QED) is 0.860. The number of anilines is 1. The number of carbonyl (C=O) groups is 1. The molecule has 0 bridgehead atoms. The number of carbonyl (C=O) groups excluding carboxylic acids is 1. The number of primary amides is 1. The fourth-order valence-electron chi connectivity index (χ4n) is 3.86. The lowest BCUT2D eigenvalue weighted by Gasteiger charge is -2.51. The third-order valence-electron chi connectivity index (χ3n) is 4.85. The Morgan fingerprint density at radius 2 is 2.05 bits per heavy atom. The number of nitrogens with two attached hydrogens (primary N) is 1. The third kappa shape index (κ3) is 2.69. The monoisotopic (exact) mass is 351 g/mol. The van der Waals surface area contributed by atoms with Crippen molar-refractivity contribution < 1.29 is 4.79 Å². The van der Waals surface area contributed by atoms with Crippen molar-refractivity contribution in [3.63, 3.8) is 0 Å². The molecule has 2 fully saturated rings. The second kappa shape index (κ2) is 5.97. The Morgan fingerprint density at radius 1 is 1.29 bits per heavy atom. The van der Waals surface area contributed by atoms with Crippen molar-refractivity contribution >= 4 is 27.5 Å². The van der Waals surface area contributed by atoms with Crippen LogP contribution in [0.25, 0.3) is 0 Å². The Labute approximate surface area is 134 Å². The Hall–Kier alpha value is -1.07. The van der Waals surface area contributed by atoms with E-state index in [4.69, 9.17) is 5.73 Å². The average Bonchev–Trinajstić information content (AvgIpc) is 2.48. The van der Waals surface area contributed by atoms with Crippen LogP contribution in [0.15, 0.2) is 22.7 Å². The van der Waals surface area contributed by atoms with Crippen LogP contribution in [0.1, 0.15) is 42.5 Å². The summed E-state index contributed by atoms with van der Waals surface area (Å²) >= 11 is 3.48. The molecule has 114 valence electrons. The number of benzene rings is 1. The van der Waals surface area contributed by atoms with E-state index in [2.05, 4.69) is 26.1 Å². The van der Waals surface area contributed by atoms with Crippen LogP contribution in [0.2, 0.25) is 0 Å². The molecule has 0 radical (unpaired) electrons. The van der Waals surface area contributed by atoms with E-state index in [-0.39, 0.29) is 11.4 Å². The highest BCUT2D eigenvalue weighted by Gasteiger charge is 2.41. The van der Waals surface area contributed by atoms with E-state index in [1.54, 1.807) is 0 Å². The molecule has 2 aliphatic rings. The summed E-state index contributed by atoms with van der Waals surface area (Å²) in [5, 5.41) is 3.54. The van der Waals surface area contributed by atoms with E-state index in [0.29, 0.717) is 5.56 Å². The van der Waals surface area contributed by atoms with E-state index in [0.717, 1.165) is 29.8 Å². The van der Waals surface area contributed by atoms with Gasteiger partial charge in [-0.1, -0.05) is 25.3 Å². The molecule has 21 heavy (non-hydrogen) atoms. The molecule has 0 aromatic heterocycles. The minimum Gasteiger partial charge on any atom is -0.365 e. The first kappa shape index (κ1) is 14.9. The zero-order valence-electron chi connectivity index (χ0n) is 12.2. The van der Waals surface area contributed by atoms with Gasteiger partial charge in [-0.2, -0.15) is 0 Å². The molecule has 1 saturated carbocycles. The van der Waals surface area contributed by atoms with E-state index in [9.17, 15) is 4.79 Å². The molecule has 3 rings (SSSR count). The highest BCUT2D eigenvalue weighted by atomic mass is 79.9. The molecule has 1 amide bonds. The fourth-order valence-corrected chi connectivity index (χ4v) is 4.41. The minimum atomic E-state index is -0.359. The molecule has 1 aliphatic heterocycles. The van der Waals surface area contributed by atoms with Crippen LogP contribution in [-0.2, 0) is 0 Å². The molecule has 0 unspecified atom stereocenters. The summed E-state index contributed by atoms with van der Waals surface area (Å²) in [6.07, 6.45) is 6.21. The smallest absolute Gasteiger partial charge is 0.251 e. The van der Waals surface area contributed by atoms with Crippen LogP contribution in [-0.4, -0.2) is 31.1 Å². The zero-order valence-corrected chi connectivity index (χ0v) is 13.8. The number of hydrogen-bond donors (Lipinski definition) is 2. The fraction of sp³-hybridized carbons (Fsp3) is 0.562. The molecular formula is C16H22BrN3O. The highest BCUT2D eigenvalue weighted by molar-refractivity contribution is 9.10. The molecule has 1 saturated heterocycles. The maximum absolute atomic E-state index is 11.9. The van der Waals surface area contributed by atoms with Crippen molar-refractivity contribution in [3.8, 4) is 0 Å². The number of hydrogen-bond acceptors (Lipinski definition) is 3. The zero-order chi connectivity index (χ0) is 14.9. The van der Waals surface area contributed by atoms with Gasteiger partial charge in [0.25, 0.3) is 5.91 Å². The van der Waals surface area contributed by atoms with Gasteiger partial charge >= 0.3 is 0 Å². The van der Waals surface area contributed by atoms with Gasteiger partial charge in [-0.3, -0.25) is 4.79 Å². The second-order valence-electron chi connectivity index (χ2n) is 6.11. The topological polar surface area (TPSA) is 58.4 Å². The summed E-state index contributed by atoms with van der Waals surface area (Å²) in [5.41, 5.74) is 7.37. The number of halogens is 1. The largest absolute Gasteiger partial charge is 0.365 e.